The fourth-order valence-corrected chi connectivity index (χ4v) is 2.39. The van der Waals surface area contributed by atoms with E-state index in [0.29, 0.717) is 12.5 Å². The fourth-order valence-electron chi connectivity index (χ4n) is 2.39. The predicted molar refractivity (Wildman–Crippen MR) is 73.0 cm³/mol. The van der Waals surface area contributed by atoms with Crippen molar-refractivity contribution in [2.75, 3.05) is 33.9 Å². The van der Waals surface area contributed by atoms with Gasteiger partial charge in [0.1, 0.15) is 0 Å². The van der Waals surface area contributed by atoms with Crippen molar-refractivity contribution in [2.45, 2.75) is 19.9 Å². The average molecular weight is 266 g/mol. The SMILES string of the molecule is CN=C(NCc1cc(C)no1)N1CCC(COC)C1. The van der Waals surface area contributed by atoms with Crippen LogP contribution in [0.3, 0.4) is 0 Å². The average Bonchev–Trinajstić information content (AvgIpc) is 3.01. The van der Waals surface area contributed by atoms with Gasteiger partial charge in [0.15, 0.2) is 11.7 Å². The minimum Gasteiger partial charge on any atom is -0.384 e. The molecule has 2 rings (SSSR count). The lowest BCUT2D eigenvalue weighted by Gasteiger charge is -2.21. The third kappa shape index (κ3) is 3.70. The topological polar surface area (TPSA) is 62.9 Å². The van der Waals surface area contributed by atoms with E-state index < -0.39 is 0 Å². The molecule has 1 aliphatic heterocycles. The maximum absolute atomic E-state index is 5.21. The van der Waals surface area contributed by atoms with E-state index in [1.165, 1.54) is 0 Å². The molecule has 0 radical (unpaired) electrons. The van der Waals surface area contributed by atoms with Crippen molar-refractivity contribution in [3.8, 4) is 0 Å². The van der Waals surface area contributed by atoms with Crippen molar-refractivity contribution in [3.05, 3.63) is 17.5 Å². The standard InChI is InChI=1S/C13H22N4O2/c1-10-6-12(19-16-10)7-15-13(14-2)17-5-4-11(8-17)9-18-3/h6,11H,4-5,7-9H2,1-3H3,(H,14,15). The molecule has 19 heavy (non-hydrogen) atoms. The molecular formula is C13H22N4O2. The number of hydrogen-bond donors (Lipinski definition) is 1. The van der Waals surface area contributed by atoms with Crippen LogP contribution in [-0.2, 0) is 11.3 Å². The number of aromatic nitrogens is 1. The molecule has 6 heteroatoms. The highest BCUT2D eigenvalue weighted by molar-refractivity contribution is 5.80. The summed E-state index contributed by atoms with van der Waals surface area (Å²) >= 11 is 0. The number of ether oxygens (including phenoxy) is 1. The summed E-state index contributed by atoms with van der Waals surface area (Å²) in [6, 6.07) is 1.93. The van der Waals surface area contributed by atoms with Crippen LogP contribution in [0.5, 0.6) is 0 Å². The number of guanidine groups is 1. The Morgan fingerprint density at radius 3 is 3.16 bits per heavy atom. The number of rotatable bonds is 4. The van der Waals surface area contributed by atoms with Gasteiger partial charge in [0, 0.05) is 39.2 Å². The monoisotopic (exact) mass is 266 g/mol. The van der Waals surface area contributed by atoms with E-state index >= 15 is 0 Å². The summed E-state index contributed by atoms with van der Waals surface area (Å²) < 4.78 is 10.4. The Labute approximate surface area is 113 Å². The third-order valence-corrected chi connectivity index (χ3v) is 3.30. The molecule has 1 saturated heterocycles. The largest absolute Gasteiger partial charge is 0.384 e. The summed E-state index contributed by atoms with van der Waals surface area (Å²) in [6.45, 7) is 5.34. The lowest BCUT2D eigenvalue weighted by atomic mass is 10.1. The third-order valence-electron chi connectivity index (χ3n) is 3.30. The van der Waals surface area contributed by atoms with Crippen molar-refractivity contribution in [1.29, 1.82) is 0 Å². The number of nitrogens with zero attached hydrogens (tertiary/aromatic N) is 3. The Bertz CT molecular complexity index is 430. The van der Waals surface area contributed by atoms with E-state index in [4.69, 9.17) is 9.26 Å². The van der Waals surface area contributed by atoms with Crippen molar-refractivity contribution >= 4 is 5.96 Å². The van der Waals surface area contributed by atoms with Gasteiger partial charge in [-0.1, -0.05) is 5.16 Å². The van der Waals surface area contributed by atoms with Crippen LogP contribution in [-0.4, -0.2) is 49.9 Å². The van der Waals surface area contributed by atoms with Gasteiger partial charge in [0.25, 0.3) is 0 Å². The number of aryl methyl sites for hydroxylation is 1. The Morgan fingerprint density at radius 2 is 2.53 bits per heavy atom. The van der Waals surface area contributed by atoms with Crippen molar-refractivity contribution in [2.24, 2.45) is 10.9 Å². The number of hydrogen-bond acceptors (Lipinski definition) is 4. The maximum Gasteiger partial charge on any atom is 0.194 e. The first-order valence-electron chi connectivity index (χ1n) is 6.59. The molecule has 1 atom stereocenters. The number of likely N-dealkylation sites (tertiary alicyclic amines) is 1. The molecule has 0 aliphatic carbocycles. The molecule has 6 nitrogen and oxygen atoms in total. The second-order valence-corrected chi connectivity index (χ2v) is 4.89. The predicted octanol–water partition coefficient (Wildman–Crippen LogP) is 1.03. The quantitative estimate of drug-likeness (QED) is 0.651. The Kier molecular flexibility index (Phi) is 4.79. The molecule has 0 aromatic carbocycles. The van der Waals surface area contributed by atoms with Gasteiger partial charge in [0.2, 0.25) is 0 Å². The molecule has 0 amide bonds. The molecule has 1 unspecified atom stereocenters. The van der Waals surface area contributed by atoms with Gasteiger partial charge in [-0.15, -0.1) is 0 Å². The summed E-state index contributed by atoms with van der Waals surface area (Å²) in [4.78, 5) is 6.57. The summed E-state index contributed by atoms with van der Waals surface area (Å²) in [6.07, 6.45) is 1.15. The zero-order valence-corrected chi connectivity index (χ0v) is 11.8. The molecule has 1 aromatic rings. The van der Waals surface area contributed by atoms with E-state index in [0.717, 1.165) is 43.5 Å². The molecule has 1 fully saturated rings. The van der Waals surface area contributed by atoms with Crippen molar-refractivity contribution in [1.82, 2.24) is 15.4 Å². The number of aliphatic imine (C=N–C) groups is 1. The van der Waals surface area contributed by atoms with Gasteiger partial charge in [-0.3, -0.25) is 4.99 Å². The van der Waals surface area contributed by atoms with Gasteiger partial charge in [-0.05, 0) is 13.3 Å². The maximum atomic E-state index is 5.21. The van der Waals surface area contributed by atoms with Crippen molar-refractivity contribution < 1.29 is 9.26 Å². The fraction of sp³-hybridized carbons (Fsp3) is 0.692. The van der Waals surface area contributed by atoms with Crippen LogP contribution < -0.4 is 5.32 Å². The van der Waals surface area contributed by atoms with E-state index in [9.17, 15) is 0 Å². The summed E-state index contributed by atoms with van der Waals surface area (Å²) in [5.74, 6) is 2.33. The van der Waals surface area contributed by atoms with Gasteiger partial charge in [-0.2, -0.15) is 0 Å². The summed E-state index contributed by atoms with van der Waals surface area (Å²) in [7, 11) is 3.56. The second kappa shape index (κ2) is 6.56. The second-order valence-electron chi connectivity index (χ2n) is 4.89. The molecule has 1 aliphatic rings. The molecule has 0 saturated carbocycles. The minimum atomic E-state index is 0.594. The Morgan fingerprint density at radius 1 is 1.68 bits per heavy atom. The van der Waals surface area contributed by atoms with Crippen LogP contribution in [0.25, 0.3) is 0 Å². The Hall–Kier alpha value is -1.56. The molecule has 1 aromatic heterocycles. The van der Waals surface area contributed by atoms with Crippen LogP contribution in [0.15, 0.2) is 15.6 Å². The van der Waals surface area contributed by atoms with Gasteiger partial charge < -0.3 is 19.5 Å². The van der Waals surface area contributed by atoms with Crippen LogP contribution in [0.2, 0.25) is 0 Å². The van der Waals surface area contributed by atoms with E-state index in [1.54, 1.807) is 14.2 Å². The first-order valence-corrected chi connectivity index (χ1v) is 6.59. The summed E-state index contributed by atoms with van der Waals surface area (Å²) in [5.41, 5.74) is 0.896. The van der Waals surface area contributed by atoms with Crippen LogP contribution in [0, 0.1) is 12.8 Å². The zero-order chi connectivity index (χ0) is 13.7. The number of nitrogens with one attached hydrogen (secondary N) is 1. The number of methoxy groups -OCH3 is 1. The molecule has 0 spiro atoms. The molecular weight excluding hydrogens is 244 g/mol. The van der Waals surface area contributed by atoms with Gasteiger partial charge >= 0.3 is 0 Å². The molecule has 1 N–H and O–H groups in total. The molecule has 0 bridgehead atoms. The zero-order valence-electron chi connectivity index (χ0n) is 11.8. The normalized spacial score (nSPS) is 20.1. The first-order chi connectivity index (χ1) is 9.22. The smallest absolute Gasteiger partial charge is 0.194 e. The van der Waals surface area contributed by atoms with Crippen LogP contribution in [0.4, 0.5) is 0 Å². The molecule has 2 heterocycles. The van der Waals surface area contributed by atoms with Gasteiger partial charge in [0.05, 0.1) is 18.8 Å². The summed E-state index contributed by atoms with van der Waals surface area (Å²) in [5, 5.41) is 7.17. The highest BCUT2D eigenvalue weighted by Gasteiger charge is 2.24. The van der Waals surface area contributed by atoms with Crippen molar-refractivity contribution in [3.63, 3.8) is 0 Å². The first kappa shape index (κ1) is 13.9. The molecule has 106 valence electrons. The van der Waals surface area contributed by atoms with E-state index in [1.807, 2.05) is 13.0 Å². The van der Waals surface area contributed by atoms with E-state index in [-0.39, 0.29) is 0 Å². The van der Waals surface area contributed by atoms with Crippen LogP contribution >= 0.6 is 0 Å². The Balaban J connectivity index is 1.84. The highest BCUT2D eigenvalue weighted by Crippen LogP contribution is 2.16. The lowest BCUT2D eigenvalue weighted by Crippen LogP contribution is -2.39. The van der Waals surface area contributed by atoms with Crippen LogP contribution in [0.1, 0.15) is 17.9 Å². The minimum absolute atomic E-state index is 0.594. The lowest BCUT2D eigenvalue weighted by molar-refractivity contribution is 0.157. The highest BCUT2D eigenvalue weighted by atomic mass is 16.5. The van der Waals surface area contributed by atoms with Gasteiger partial charge in [-0.25, -0.2) is 0 Å². The van der Waals surface area contributed by atoms with E-state index in [2.05, 4.69) is 20.4 Å².